The number of hydrogen-bond donors (Lipinski definition) is 1. The molecule has 2 N–H and O–H groups in total. The Hall–Kier alpha value is 0.310. The molecule has 0 saturated carbocycles. The molecule has 0 aliphatic carbocycles. The van der Waals surface area contributed by atoms with Gasteiger partial charge in [0, 0.05) is 11.8 Å². The zero-order valence-electron chi connectivity index (χ0n) is 4.39. The van der Waals surface area contributed by atoms with Crippen LogP contribution < -0.4 is 5.73 Å². The predicted octanol–water partition coefficient (Wildman–Crippen LogP) is 0.841. The molecule has 0 aromatic heterocycles. The zero-order chi connectivity index (χ0) is 5.11. The number of hydrogen-bond acceptors (Lipinski definition) is 2. The lowest BCUT2D eigenvalue weighted by molar-refractivity contribution is 0.786. The molecule has 0 amide bonds. The highest BCUT2D eigenvalue weighted by Gasteiger charge is 2.11. The third-order valence-corrected chi connectivity index (χ3v) is 2.71. The average Bonchev–Trinajstić information content (AvgIpc) is 2.14. The Morgan fingerprint density at radius 3 is 2.86 bits per heavy atom. The molecule has 0 aromatic carbocycles. The lowest BCUT2D eigenvalue weighted by Gasteiger charge is -1.99. The second-order valence-corrected chi connectivity index (χ2v) is 3.28. The maximum absolute atomic E-state index is 5.41. The summed E-state index contributed by atoms with van der Waals surface area (Å²) in [4.78, 5) is 0. The third kappa shape index (κ3) is 1.35. The van der Waals surface area contributed by atoms with Gasteiger partial charge in [-0.1, -0.05) is 0 Å². The molecular weight excluding hydrogens is 106 g/mol. The van der Waals surface area contributed by atoms with Crippen LogP contribution in [0.5, 0.6) is 0 Å². The van der Waals surface area contributed by atoms with Gasteiger partial charge in [-0.2, -0.15) is 11.8 Å². The Morgan fingerprint density at radius 2 is 2.57 bits per heavy atom. The molecular formula is C5H11NS. The Kier molecular flexibility index (Phi) is 2.00. The van der Waals surface area contributed by atoms with Crippen molar-refractivity contribution in [3.05, 3.63) is 0 Å². The molecule has 0 bridgehead atoms. The van der Waals surface area contributed by atoms with Crippen molar-refractivity contribution in [1.82, 2.24) is 0 Å². The molecule has 1 aliphatic heterocycles. The molecule has 1 nitrogen and oxygen atoms in total. The molecule has 0 spiro atoms. The Morgan fingerprint density at radius 1 is 1.71 bits per heavy atom. The molecule has 1 fully saturated rings. The van der Waals surface area contributed by atoms with Crippen molar-refractivity contribution in [2.24, 2.45) is 5.73 Å². The van der Waals surface area contributed by atoms with Gasteiger partial charge in [0.1, 0.15) is 0 Å². The van der Waals surface area contributed by atoms with Gasteiger partial charge in [0.2, 0.25) is 0 Å². The molecule has 42 valence electrons. The van der Waals surface area contributed by atoms with E-state index in [1.165, 1.54) is 18.6 Å². The van der Waals surface area contributed by atoms with Crippen molar-refractivity contribution in [2.75, 3.05) is 12.3 Å². The SMILES string of the molecule is NC[C@@H]1CCCS1. The van der Waals surface area contributed by atoms with Gasteiger partial charge in [0.05, 0.1) is 0 Å². The van der Waals surface area contributed by atoms with Crippen LogP contribution in [0.25, 0.3) is 0 Å². The van der Waals surface area contributed by atoms with Gasteiger partial charge in [0.25, 0.3) is 0 Å². The monoisotopic (exact) mass is 117 g/mol. The maximum atomic E-state index is 5.41. The van der Waals surface area contributed by atoms with Gasteiger partial charge >= 0.3 is 0 Å². The van der Waals surface area contributed by atoms with E-state index in [1.807, 2.05) is 11.8 Å². The molecule has 1 saturated heterocycles. The highest BCUT2D eigenvalue weighted by molar-refractivity contribution is 8.00. The summed E-state index contributed by atoms with van der Waals surface area (Å²) < 4.78 is 0. The number of rotatable bonds is 1. The summed E-state index contributed by atoms with van der Waals surface area (Å²) in [7, 11) is 0. The zero-order valence-corrected chi connectivity index (χ0v) is 5.21. The van der Waals surface area contributed by atoms with Crippen molar-refractivity contribution in [3.8, 4) is 0 Å². The molecule has 0 aromatic rings. The second kappa shape index (κ2) is 2.58. The minimum atomic E-state index is 0.792. The van der Waals surface area contributed by atoms with Gasteiger partial charge in [0.15, 0.2) is 0 Å². The van der Waals surface area contributed by atoms with Gasteiger partial charge in [-0.05, 0) is 18.6 Å². The van der Waals surface area contributed by atoms with E-state index in [9.17, 15) is 0 Å². The molecule has 2 heteroatoms. The van der Waals surface area contributed by atoms with Gasteiger partial charge in [-0.3, -0.25) is 0 Å². The summed E-state index contributed by atoms with van der Waals surface area (Å²) in [5, 5.41) is 0.792. The fraction of sp³-hybridized carbons (Fsp3) is 1.00. The Bertz CT molecular complexity index is 50.0. The van der Waals surface area contributed by atoms with Crippen LogP contribution in [-0.2, 0) is 0 Å². The molecule has 0 unspecified atom stereocenters. The first-order valence-electron chi connectivity index (χ1n) is 2.75. The van der Waals surface area contributed by atoms with Crippen molar-refractivity contribution >= 4 is 11.8 Å². The summed E-state index contributed by atoms with van der Waals surface area (Å²) in [6.45, 7) is 0.880. The second-order valence-electron chi connectivity index (χ2n) is 1.87. The minimum Gasteiger partial charge on any atom is -0.329 e. The largest absolute Gasteiger partial charge is 0.329 e. The Balaban J connectivity index is 2.14. The summed E-state index contributed by atoms with van der Waals surface area (Å²) in [5.74, 6) is 1.34. The molecule has 1 aliphatic rings. The summed E-state index contributed by atoms with van der Waals surface area (Å²) in [6.07, 6.45) is 2.73. The van der Waals surface area contributed by atoms with E-state index in [2.05, 4.69) is 0 Å². The minimum absolute atomic E-state index is 0.792. The van der Waals surface area contributed by atoms with Gasteiger partial charge in [-0.15, -0.1) is 0 Å². The summed E-state index contributed by atoms with van der Waals surface area (Å²) in [5.41, 5.74) is 5.41. The standard InChI is InChI=1S/C5H11NS/c6-4-5-2-1-3-7-5/h5H,1-4,6H2/t5-/m0/s1. The van der Waals surface area contributed by atoms with E-state index >= 15 is 0 Å². The van der Waals surface area contributed by atoms with E-state index in [-0.39, 0.29) is 0 Å². The van der Waals surface area contributed by atoms with Crippen LogP contribution in [0.15, 0.2) is 0 Å². The van der Waals surface area contributed by atoms with E-state index in [0.717, 1.165) is 11.8 Å². The lowest BCUT2D eigenvalue weighted by atomic mass is 10.3. The number of nitrogens with two attached hydrogens (primary N) is 1. The molecule has 1 atom stereocenters. The first-order chi connectivity index (χ1) is 3.43. The van der Waals surface area contributed by atoms with Crippen LogP contribution in [0, 0.1) is 0 Å². The van der Waals surface area contributed by atoms with Crippen LogP contribution >= 0.6 is 11.8 Å². The fourth-order valence-corrected chi connectivity index (χ4v) is 1.97. The molecule has 7 heavy (non-hydrogen) atoms. The van der Waals surface area contributed by atoms with Crippen LogP contribution in [0.3, 0.4) is 0 Å². The number of thioether (sulfide) groups is 1. The first-order valence-corrected chi connectivity index (χ1v) is 3.80. The molecule has 0 radical (unpaired) electrons. The topological polar surface area (TPSA) is 26.0 Å². The summed E-state index contributed by atoms with van der Waals surface area (Å²) in [6, 6.07) is 0. The van der Waals surface area contributed by atoms with Crippen LogP contribution in [0.2, 0.25) is 0 Å². The van der Waals surface area contributed by atoms with Crippen molar-refractivity contribution in [3.63, 3.8) is 0 Å². The summed E-state index contributed by atoms with van der Waals surface area (Å²) >= 11 is 2.02. The third-order valence-electron chi connectivity index (χ3n) is 1.29. The highest BCUT2D eigenvalue weighted by Crippen LogP contribution is 2.24. The van der Waals surface area contributed by atoms with Gasteiger partial charge < -0.3 is 5.73 Å². The fourth-order valence-electron chi connectivity index (χ4n) is 0.830. The molecule has 1 heterocycles. The van der Waals surface area contributed by atoms with Crippen LogP contribution in [0.4, 0.5) is 0 Å². The lowest BCUT2D eigenvalue weighted by Crippen LogP contribution is -2.12. The van der Waals surface area contributed by atoms with Crippen LogP contribution in [-0.4, -0.2) is 17.5 Å². The average molecular weight is 117 g/mol. The maximum Gasteiger partial charge on any atom is 0.0170 e. The van der Waals surface area contributed by atoms with E-state index in [0.29, 0.717) is 0 Å². The van der Waals surface area contributed by atoms with E-state index in [1.54, 1.807) is 0 Å². The normalized spacial score (nSPS) is 31.3. The first kappa shape index (κ1) is 5.45. The van der Waals surface area contributed by atoms with Crippen molar-refractivity contribution in [1.29, 1.82) is 0 Å². The molecule has 1 rings (SSSR count). The van der Waals surface area contributed by atoms with Crippen LogP contribution in [0.1, 0.15) is 12.8 Å². The van der Waals surface area contributed by atoms with Gasteiger partial charge in [-0.25, -0.2) is 0 Å². The highest BCUT2D eigenvalue weighted by atomic mass is 32.2. The van der Waals surface area contributed by atoms with E-state index < -0.39 is 0 Å². The van der Waals surface area contributed by atoms with E-state index in [4.69, 9.17) is 5.73 Å². The quantitative estimate of drug-likeness (QED) is 0.551. The predicted molar refractivity (Wildman–Crippen MR) is 34.5 cm³/mol. The van der Waals surface area contributed by atoms with Crippen molar-refractivity contribution in [2.45, 2.75) is 18.1 Å². The smallest absolute Gasteiger partial charge is 0.0170 e. The van der Waals surface area contributed by atoms with Crippen molar-refractivity contribution < 1.29 is 0 Å². The Labute approximate surface area is 48.7 Å².